The van der Waals surface area contributed by atoms with E-state index in [0.717, 1.165) is 36.8 Å². The minimum atomic E-state index is -0.147. The van der Waals surface area contributed by atoms with Gasteiger partial charge in [-0.2, -0.15) is 0 Å². The van der Waals surface area contributed by atoms with Gasteiger partial charge in [0, 0.05) is 6.07 Å². The number of hydrogen-bond acceptors (Lipinski definition) is 1. The van der Waals surface area contributed by atoms with Crippen molar-refractivity contribution in [2.45, 2.75) is 51.4 Å². The smallest absolute Gasteiger partial charge is 0.130 e. The lowest BCUT2D eigenvalue weighted by Gasteiger charge is -2.22. The molecule has 138 valence electrons. The predicted octanol–water partition coefficient (Wildman–Crippen LogP) is 6.36. The monoisotopic (exact) mass is 356 g/mol. The molecule has 1 nitrogen and oxygen atoms in total. The zero-order chi connectivity index (χ0) is 18.3. The number of aryl methyl sites for hydroxylation is 1. The topological polar surface area (TPSA) is 9.23 Å². The molecule has 2 saturated carbocycles. The minimum absolute atomic E-state index is 0.113. The highest BCUT2D eigenvalue weighted by Gasteiger charge is 2.46. The average Bonchev–Trinajstić information content (AvgIpc) is 3.20. The Morgan fingerprint density at radius 3 is 2.31 bits per heavy atom. The minimum Gasteiger partial charge on any atom is -0.494 e. The van der Waals surface area contributed by atoms with Crippen LogP contribution in [0.1, 0.15) is 61.1 Å². The Bertz CT molecular complexity index is 801. The molecule has 2 aromatic rings. The van der Waals surface area contributed by atoms with Crippen molar-refractivity contribution in [2.75, 3.05) is 6.61 Å². The third-order valence-electron chi connectivity index (χ3n) is 6.51. The highest BCUT2D eigenvalue weighted by Crippen LogP contribution is 2.57. The lowest BCUT2D eigenvalue weighted by atomic mass is 9.83. The Kier molecular flexibility index (Phi) is 4.73. The standard InChI is InChI=1S/C23H26F2O/c1-3-26-16-6-7-21(23(25)13-16)20-11-10-18-17(8-9-19(18)20)15-5-4-14(2)22(24)12-15/h4-7,12-13,17-20H,3,8-11H2,1-2H3. The van der Waals surface area contributed by atoms with Crippen molar-refractivity contribution in [3.05, 3.63) is 64.7 Å². The van der Waals surface area contributed by atoms with Crippen LogP contribution in [0.2, 0.25) is 0 Å². The number of ether oxygens (including phenoxy) is 1. The lowest BCUT2D eigenvalue weighted by Crippen LogP contribution is -2.12. The number of hydrogen-bond donors (Lipinski definition) is 0. The summed E-state index contributed by atoms with van der Waals surface area (Å²) in [6.07, 6.45) is 4.29. The van der Waals surface area contributed by atoms with Gasteiger partial charge in [0.25, 0.3) is 0 Å². The highest BCUT2D eigenvalue weighted by atomic mass is 19.1. The summed E-state index contributed by atoms with van der Waals surface area (Å²) >= 11 is 0. The Hall–Kier alpha value is -1.90. The van der Waals surface area contributed by atoms with Gasteiger partial charge >= 0.3 is 0 Å². The zero-order valence-corrected chi connectivity index (χ0v) is 15.5. The van der Waals surface area contributed by atoms with Crippen LogP contribution in [0.5, 0.6) is 5.75 Å². The molecule has 0 saturated heterocycles. The maximum Gasteiger partial charge on any atom is 0.130 e. The molecule has 0 radical (unpaired) electrons. The molecule has 4 rings (SSSR count). The third-order valence-corrected chi connectivity index (χ3v) is 6.51. The number of rotatable bonds is 4. The summed E-state index contributed by atoms with van der Waals surface area (Å²) in [6.45, 7) is 4.25. The van der Waals surface area contributed by atoms with Crippen molar-refractivity contribution in [3.63, 3.8) is 0 Å². The quantitative estimate of drug-likeness (QED) is 0.619. The van der Waals surface area contributed by atoms with Gasteiger partial charge < -0.3 is 4.74 Å². The second kappa shape index (κ2) is 7.02. The van der Waals surface area contributed by atoms with Crippen molar-refractivity contribution in [3.8, 4) is 5.75 Å². The van der Waals surface area contributed by atoms with Crippen molar-refractivity contribution < 1.29 is 13.5 Å². The number of fused-ring (bicyclic) bond motifs is 1. The molecule has 3 heteroatoms. The second-order valence-corrected chi connectivity index (χ2v) is 7.82. The van der Waals surface area contributed by atoms with Crippen LogP contribution in [-0.4, -0.2) is 6.61 Å². The summed E-state index contributed by atoms with van der Waals surface area (Å²) in [5.41, 5.74) is 2.65. The first-order valence-corrected chi connectivity index (χ1v) is 9.76. The van der Waals surface area contributed by atoms with Crippen LogP contribution in [0, 0.1) is 30.4 Å². The largest absolute Gasteiger partial charge is 0.494 e. The van der Waals surface area contributed by atoms with E-state index in [1.165, 1.54) is 6.07 Å². The second-order valence-electron chi connectivity index (χ2n) is 7.82. The Morgan fingerprint density at radius 1 is 0.885 bits per heavy atom. The van der Waals surface area contributed by atoms with Crippen molar-refractivity contribution in [1.82, 2.24) is 0 Å². The predicted molar refractivity (Wildman–Crippen MR) is 99.6 cm³/mol. The summed E-state index contributed by atoms with van der Waals surface area (Å²) in [5.74, 6) is 2.05. The van der Waals surface area contributed by atoms with Crippen molar-refractivity contribution in [2.24, 2.45) is 11.8 Å². The van der Waals surface area contributed by atoms with Gasteiger partial charge in [0.15, 0.2) is 0 Å². The molecule has 2 aliphatic rings. The molecule has 0 aliphatic heterocycles. The molecular formula is C23H26F2O. The van der Waals surface area contributed by atoms with E-state index in [0.29, 0.717) is 35.7 Å². The van der Waals surface area contributed by atoms with Crippen molar-refractivity contribution >= 4 is 0 Å². The molecule has 0 aromatic heterocycles. The van der Waals surface area contributed by atoms with E-state index < -0.39 is 0 Å². The van der Waals surface area contributed by atoms with Crippen LogP contribution in [0.15, 0.2) is 36.4 Å². The molecule has 0 spiro atoms. The molecule has 2 aliphatic carbocycles. The van der Waals surface area contributed by atoms with Gasteiger partial charge in [0.2, 0.25) is 0 Å². The molecule has 0 heterocycles. The molecule has 0 amide bonds. The fourth-order valence-corrected chi connectivity index (χ4v) is 5.30. The van der Waals surface area contributed by atoms with E-state index in [1.54, 1.807) is 13.0 Å². The molecule has 26 heavy (non-hydrogen) atoms. The van der Waals surface area contributed by atoms with Crippen LogP contribution in [0.25, 0.3) is 0 Å². The molecule has 4 unspecified atom stereocenters. The van der Waals surface area contributed by atoms with Gasteiger partial charge in [-0.1, -0.05) is 18.2 Å². The lowest BCUT2D eigenvalue weighted by molar-refractivity contribution is 0.337. The summed E-state index contributed by atoms with van der Waals surface area (Å²) in [4.78, 5) is 0. The summed E-state index contributed by atoms with van der Waals surface area (Å²) < 4.78 is 34.1. The summed E-state index contributed by atoms with van der Waals surface area (Å²) in [6, 6.07) is 11.0. The first-order chi connectivity index (χ1) is 12.6. The highest BCUT2D eigenvalue weighted by molar-refractivity contribution is 5.34. The van der Waals surface area contributed by atoms with E-state index in [-0.39, 0.29) is 17.6 Å². The zero-order valence-electron chi connectivity index (χ0n) is 15.5. The van der Waals surface area contributed by atoms with Gasteiger partial charge in [0.1, 0.15) is 17.4 Å². The Labute approximate surface area is 154 Å². The Morgan fingerprint density at radius 2 is 1.62 bits per heavy atom. The number of benzene rings is 2. The molecule has 4 atom stereocenters. The maximum absolute atomic E-state index is 14.7. The summed E-state index contributed by atoms with van der Waals surface area (Å²) in [5, 5.41) is 0. The Balaban J connectivity index is 1.56. The van der Waals surface area contributed by atoms with Crippen molar-refractivity contribution in [1.29, 1.82) is 0 Å². The van der Waals surface area contributed by atoms with Crippen LogP contribution >= 0.6 is 0 Å². The van der Waals surface area contributed by atoms with Gasteiger partial charge in [-0.25, -0.2) is 8.78 Å². The third kappa shape index (κ3) is 3.02. The molecular weight excluding hydrogens is 330 g/mol. The van der Waals surface area contributed by atoms with Gasteiger partial charge in [-0.3, -0.25) is 0 Å². The van der Waals surface area contributed by atoms with Crippen LogP contribution in [0.4, 0.5) is 8.78 Å². The summed E-state index contributed by atoms with van der Waals surface area (Å²) in [7, 11) is 0. The molecule has 0 N–H and O–H groups in total. The van der Waals surface area contributed by atoms with E-state index in [4.69, 9.17) is 4.74 Å². The first kappa shape index (κ1) is 17.5. The van der Waals surface area contributed by atoms with E-state index in [2.05, 4.69) is 6.07 Å². The average molecular weight is 356 g/mol. The molecule has 2 fully saturated rings. The van der Waals surface area contributed by atoms with Crippen LogP contribution < -0.4 is 4.74 Å². The van der Waals surface area contributed by atoms with E-state index >= 15 is 0 Å². The van der Waals surface area contributed by atoms with Crippen LogP contribution in [0.3, 0.4) is 0 Å². The fourth-order valence-electron chi connectivity index (χ4n) is 5.30. The van der Waals surface area contributed by atoms with Gasteiger partial charge in [0.05, 0.1) is 6.61 Å². The van der Waals surface area contributed by atoms with Gasteiger partial charge in [-0.15, -0.1) is 0 Å². The maximum atomic E-state index is 14.7. The number of halogens is 2. The van der Waals surface area contributed by atoms with Gasteiger partial charge in [-0.05, 0) is 92.0 Å². The fraction of sp³-hybridized carbons (Fsp3) is 0.478. The molecule has 0 bridgehead atoms. The normalized spacial score (nSPS) is 27.5. The van der Waals surface area contributed by atoms with Crippen LogP contribution in [-0.2, 0) is 0 Å². The van der Waals surface area contributed by atoms with E-state index in [9.17, 15) is 8.78 Å². The molecule has 2 aromatic carbocycles. The first-order valence-electron chi connectivity index (χ1n) is 9.76. The SMILES string of the molecule is CCOc1ccc(C2CCC3C(c4ccc(C)c(F)c4)CCC23)c(F)c1. The van der Waals surface area contributed by atoms with E-state index in [1.807, 2.05) is 25.1 Å².